The lowest BCUT2D eigenvalue weighted by Crippen LogP contribution is -2.14. The van der Waals surface area contributed by atoms with Crippen LogP contribution in [0.25, 0.3) is 33.9 Å². The van der Waals surface area contributed by atoms with Gasteiger partial charge in [-0.05, 0) is 109 Å². The Balaban J connectivity index is 1.41. The molecule has 2 bridgehead atoms. The minimum absolute atomic E-state index is 0.146. The SMILES string of the molecule is CC1=C2CCc3c(C4C(C(C)C)=Cc5c(-c6ccc(C(C)(C)C)cc6)cccc54)cc(c2c3-c2ccc(C(C)(C)C)cc2)[CH]1. The second-order valence-corrected chi connectivity index (χ2v) is 15.8. The maximum absolute atomic E-state index is 2.56. The van der Waals surface area contributed by atoms with Gasteiger partial charge < -0.3 is 0 Å². The van der Waals surface area contributed by atoms with Crippen molar-refractivity contribution in [3.8, 4) is 22.3 Å². The second-order valence-electron chi connectivity index (χ2n) is 15.8. The summed E-state index contributed by atoms with van der Waals surface area (Å²) in [4.78, 5) is 0. The van der Waals surface area contributed by atoms with E-state index >= 15 is 0 Å². The molecule has 0 amide bonds. The van der Waals surface area contributed by atoms with Gasteiger partial charge in [0.05, 0.1) is 0 Å². The minimum Gasteiger partial charge on any atom is -0.0613 e. The van der Waals surface area contributed by atoms with Gasteiger partial charge in [-0.25, -0.2) is 0 Å². The van der Waals surface area contributed by atoms with E-state index in [0.29, 0.717) is 5.92 Å². The quantitative estimate of drug-likeness (QED) is 0.227. The average molecular weight is 576 g/mol. The van der Waals surface area contributed by atoms with E-state index in [1.54, 1.807) is 11.1 Å². The Kier molecular flexibility index (Phi) is 6.74. The van der Waals surface area contributed by atoms with Crippen molar-refractivity contribution < 1.29 is 0 Å². The Morgan fingerprint density at radius 3 is 1.89 bits per heavy atom. The van der Waals surface area contributed by atoms with E-state index in [-0.39, 0.29) is 16.7 Å². The van der Waals surface area contributed by atoms with E-state index in [1.807, 2.05) is 0 Å². The molecule has 0 spiro atoms. The maximum atomic E-state index is 2.56. The summed E-state index contributed by atoms with van der Waals surface area (Å²) >= 11 is 0. The summed E-state index contributed by atoms with van der Waals surface area (Å²) < 4.78 is 0. The summed E-state index contributed by atoms with van der Waals surface area (Å²) in [5.41, 5.74) is 22.0. The van der Waals surface area contributed by atoms with Crippen molar-refractivity contribution in [1.29, 1.82) is 0 Å². The van der Waals surface area contributed by atoms with Gasteiger partial charge in [-0.15, -0.1) is 0 Å². The molecule has 1 radical (unpaired) electrons. The highest BCUT2D eigenvalue weighted by atomic mass is 14.4. The Bertz CT molecular complexity index is 1840. The summed E-state index contributed by atoms with van der Waals surface area (Å²) in [5, 5.41) is 0. The number of hydrogen-bond acceptors (Lipinski definition) is 0. The third-order valence-electron chi connectivity index (χ3n) is 10.4. The number of fused-ring (bicyclic) bond motifs is 2. The van der Waals surface area contributed by atoms with Crippen LogP contribution in [0.4, 0.5) is 0 Å². The zero-order valence-electron chi connectivity index (χ0n) is 28.2. The Hall–Kier alpha value is -3.64. The summed E-state index contributed by atoms with van der Waals surface area (Å²) in [6.07, 6.45) is 7.23. The molecule has 0 fully saturated rings. The van der Waals surface area contributed by atoms with Crippen molar-refractivity contribution in [2.75, 3.05) is 0 Å². The lowest BCUT2D eigenvalue weighted by Gasteiger charge is -2.31. The molecular weight excluding hydrogens is 528 g/mol. The molecule has 0 nitrogen and oxygen atoms in total. The molecule has 0 heteroatoms. The van der Waals surface area contributed by atoms with Crippen LogP contribution in [0, 0.1) is 12.3 Å². The lowest BCUT2D eigenvalue weighted by atomic mass is 9.73. The molecule has 1 atom stereocenters. The fraction of sp³-hybridized carbons (Fsp3) is 0.341. The molecule has 0 saturated carbocycles. The van der Waals surface area contributed by atoms with E-state index in [1.165, 1.54) is 72.3 Å². The molecule has 7 rings (SSSR count). The van der Waals surface area contributed by atoms with E-state index in [2.05, 4.69) is 148 Å². The Labute approximate surface area is 266 Å². The molecule has 0 heterocycles. The van der Waals surface area contributed by atoms with E-state index < -0.39 is 0 Å². The number of hydrogen-bond donors (Lipinski definition) is 0. The molecule has 4 aromatic rings. The van der Waals surface area contributed by atoms with Gasteiger partial charge in [0.2, 0.25) is 0 Å². The highest BCUT2D eigenvalue weighted by molar-refractivity contribution is 5.95. The van der Waals surface area contributed by atoms with Crippen molar-refractivity contribution in [2.45, 2.75) is 91.9 Å². The Morgan fingerprint density at radius 1 is 0.682 bits per heavy atom. The molecule has 1 unspecified atom stereocenters. The smallest absolute Gasteiger partial charge is 0.0314 e. The van der Waals surface area contributed by atoms with Crippen molar-refractivity contribution in [1.82, 2.24) is 0 Å². The molecule has 44 heavy (non-hydrogen) atoms. The number of rotatable bonds is 4. The molecule has 0 aliphatic heterocycles. The van der Waals surface area contributed by atoms with Gasteiger partial charge in [0, 0.05) is 12.3 Å². The van der Waals surface area contributed by atoms with Gasteiger partial charge in [-0.3, -0.25) is 0 Å². The van der Waals surface area contributed by atoms with Gasteiger partial charge in [0.15, 0.2) is 0 Å². The van der Waals surface area contributed by atoms with E-state index in [9.17, 15) is 0 Å². The summed E-state index contributed by atoms with van der Waals surface area (Å²) in [7, 11) is 0. The second kappa shape index (κ2) is 10.2. The summed E-state index contributed by atoms with van der Waals surface area (Å²) in [6, 6.07) is 28.4. The first-order chi connectivity index (χ1) is 20.8. The highest BCUT2D eigenvalue weighted by Gasteiger charge is 2.37. The third kappa shape index (κ3) is 4.65. The molecular formula is C44H47. The summed E-state index contributed by atoms with van der Waals surface area (Å²) in [5.74, 6) is 0.740. The standard InChI is InChI=1S/C44H47/c1-26(2)37-25-38-34(28-13-17-31(18-14-28)43(4,5)6)11-10-12-35(38)42(37)39-24-30-23-27(3)33-21-22-36(39)40(41(30)33)29-15-19-32(20-16-29)44(7,8)9/h10-20,23-26,42H,21-22H2,1-9H3. The van der Waals surface area contributed by atoms with Crippen LogP contribution in [0.3, 0.4) is 0 Å². The highest BCUT2D eigenvalue weighted by Crippen LogP contribution is 2.55. The van der Waals surface area contributed by atoms with Gasteiger partial charge in [-0.1, -0.05) is 145 Å². The van der Waals surface area contributed by atoms with Gasteiger partial charge in [0.25, 0.3) is 0 Å². The van der Waals surface area contributed by atoms with Crippen LogP contribution in [0.15, 0.2) is 83.9 Å². The monoisotopic (exact) mass is 575 g/mol. The van der Waals surface area contributed by atoms with Crippen LogP contribution in [0.2, 0.25) is 0 Å². The van der Waals surface area contributed by atoms with E-state index in [4.69, 9.17) is 0 Å². The number of allylic oxidation sites excluding steroid dienone is 3. The van der Waals surface area contributed by atoms with Crippen LogP contribution in [0.5, 0.6) is 0 Å². The van der Waals surface area contributed by atoms with Gasteiger partial charge in [0.1, 0.15) is 0 Å². The normalized spacial score (nSPS) is 17.4. The lowest BCUT2D eigenvalue weighted by molar-refractivity contribution is 0.590. The predicted molar refractivity (Wildman–Crippen MR) is 190 cm³/mol. The van der Waals surface area contributed by atoms with Crippen LogP contribution in [-0.4, -0.2) is 0 Å². The topological polar surface area (TPSA) is 0 Å². The molecule has 3 aliphatic carbocycles. The average Bonchev–Trinajstić information content (AvgIpc) is 3.54. The van der Waals surface area contributed by atoms with Crippen LogP contribution < -0.4 is 0 Å². The molecule has 0 saturated heterocycles. The van der Waals surface area contributed by atoms with Crippen LogP contribution in [-0.2, 0) is 17.3 Å². The van der Waals surface area contributed by atoms with Crippen LogP contribution >= 0.6 is 0 Å². The minimum atomic E-state index is 0.146. The van der Waals surface area contributed by atoms with E-state index in [0.717, 1.165) is 12.8 Å². The fourth-order valence-electron chi connectivity index (χ4n) is 7.95. The Morgan fingerprint density at radius 2 is 1.30 bits per heavy atom. The molecule has 0 aromatic heterocycles. The predicted octanol–water partition coefficient (Wildman–Crippen LogP) is 12.1. The van der Waals surface area contributed by atoms with Crippen molar-refractivity contribution in [2.24, 2.45) is 5.92 Å². The van der Waals surface area contributed by atoms with Crippen molar-refractivity contribution in [3.05, 3.63) is 135 Å². The van der Waals surface area contributed by atoms with Gasteiger partial charge in [-0.2, -0.15) is 0 Å². The van der Waals surface area contributed by atoms with Crippen molar-refractivity contribution >= 4 is 11.6 Å². The third-order valence-corrected chi connectivity index (χ3v) is 10.4. The largest absolute Gasteiger partial charge is 0.0613 e. The molecule has 223 valence electrons. The van der Waals surface area contributed by atoms with Crippen molar-refractivity contribution in [3.63, 3.8) is 0 Å². The first-order valence-electron chi connectivity index (χ1n) is 16.6. The first-order valence-corrected chi connectivity index (χ1v) is 16.6. The zero-order valence-corrected chi connectivity index (χ0v) is 28.2. The zero-order chi connectivity index (χ0) is 31.1. The first kappa shape index (κ1) is 29.1. The van der Waals surface area contributed by atoms with Gasteiger partial charge >= 0.3 is 0 Å². The summed E-state index contributed by atoms with van der Waals surface area (Å²) in [6.45, 7) is 20.9. The molecule has 4 aromatic carbocycles. The molecule has 0 N–H and O–H groups in total. The maximum Gasteiger partial charge on any atom is 0.0314 e. The number of benzene rings is 4. The molecule has 3 aliphatic rings. The van der Waals surface area contributed by atoms with Crippen LogP contribution in [0.1, 0.15) is 119 Å². The fourth-order valence-corrected chi connectivity index (χ4v) is 7.95.